The molecular formula is C20H15NO6S2. The SMILES string of the molecule is COc1ccc(/C(C)=C2\SC(=S)N(c3cc(C(=O)O)cc(C(=O)O)c3)C2=O)cc1. The van der Waals surface area contributed by atoms with Crippen molar-refractivity contribution in [3.05, 3.63) is 64.1 Å². The number of ether oxygens (including phenoxy) is 1. The van der Waals surface area contributed by atoms with E-state index in [1.54, 1.807) is 26.2 Å². The van der Waals surface area contributed by atoms with Gasteiger partial charge in [-0.2, -0.15) is 0 Å². The average Bonchev–Trinajstić information content (AvgIpc) is 3.01. The number of methoxy groups -OCH3 is 1. The lowest BCUT2D eigenvalue weighted by Crippen LogP contribution is -2.28. The second-order valence-electron chi connectivity index (χ2n) is 6.07. The van der Waals surface area contributed by atoms with Crippen LogP contribution in [0.1, 0.15) is 33.2 Å². The minimum atomic E-state index is -1.30. The lowest BCUT2D eigenvalue weighted by Gasteiger charge is -2.16. The maximum Gasteiger partial charge on any atom is 0.335 e. The van der Waals surface area contributed by atoms with E-state index in [0.29, 0.717) is 16.2 Å². The molecule has 148 valence electrons. The first-order valence-electron chi connectivity index (χ1n) is 8.26. The number of amides is 1. The number of thioether (sulfide) groups is 1. The minimum absolute atomic E-state index is 0.0994. The Morgan fingerprint density at radius 2 is 1.55 bits per heavy atom. The van der Waals surface area contributed by atoms with Gasteiger partial charge in [0.15, 0.2) is 4.32 Å². The lowest BCUT2D eigenvalue weighted by molar-refractivity contribution is -0.113. The highest BCUT2D eigenvalue weighted by atomic mass is 32.2. The van der Waals surface area contributed by atoms with Crippen molar-refractivity contribution in [1.82, 2.24) is 0 Å². The Balaban J connectivity index is 2.05. The van der Waals surface area contributed by atoms with Crippen LogP contribution in [-0.2, 0) is 4.79 Å². The molecule has 0 radical (unpaired) electrons. The molecule has 0 unspecified atom stereocenters. The molecular weight excluding hydrogens is 414 g/mol. The summed E-state index contributed by atoms with van der Waals surface area (Å²) in [5, 5.41) is 18.5. The Kier molecular flexibility index (Phi) is 5.71. The number of carbonyl (C=O) groups is 3. The third-order valence-electron chi connectivity index (χ3n) is 4.30. The molecule has 0 saturated carbocycles. The van der Waals surface area contributed by atoms with Crippen LogP contribution >= 0.6 is 24.0 Å². The van der Waals surface area contributed by atoms with Crippen LogP contribution in [0, 0.1) is 0 Å². The molecule has 2 aromatic carbocycles. The van der Waals surface area contributed by atoms with Crippen LogP contribution in [-0.4, -0.2) is 39.5 Å². The van der Waals surface area contributed by atoms with E-state index in [-0.39, 0.29) is 21.1 Å². The number of allylic oxidation sites excluding steroid dienone is 1. The van der Waals surface area contributed by atoms with E-state index in [9.17, 15) is 24.6 Å². The molecule has 0 spiro atoms. The zero-order chi connectivity index (χ0) is 21.3. The molecule has 1 aliphatic rings. The monoisotopic (exact) mass is 429 g/mol. The first-order chi connectivity index (χ1) is 13.7. The van der Waals surface area contributed by atoms with Crippen molar-refractivity contribution < 1.29 is 29.3 Å². The van der Waals surface area contributed by atoms with Crippen molar-refractivity contribution in [2.24, 2.45) is 0 Å². The van der Waals surface area contributed by atoms with Crippen molar-refractivity contribution in [1.29, 1.82) is 0 Å². The maximum atomic E-state index is 13.1. The molecule has 0 aliphatic carbocycles. The van der Waals surface area contributed by atoms with Crippen molar-refractivity contribution in [2.45, 2.75) is 6.92 Å². The van der Waals surface area contributed by atoms with E-state index in [2.05, 4.69) is 0 Å². The van der Waals surface area contributed by atoms with Crippen molar-refractivity contribution in [2.75, 3.05) is 12.0 Å². The summed E-state index contributed by atoms with van der Waals surface area (Å²) < 4.78 is 5.33. The van der Waals surface area contributed by atoms with E-state index in [1.807, 2.05) is 12.1 Å². The standard InChI is InChI=1S/C20H15NO6S2/c1-10(11-3-5-15(27-2)6-4-11)16-17(22)21(20(28)29-16)14-8-12(18(23)24)7-13(9-14)19(25)26/h3-9H,1-2H3,(H,23,24)(H,25,26)/b16-10-. The van der Waals surface area contributed by atoms with Crippen molar-refractivity contribution in [3.8, 4) is 5.75 Å². The Bertz CT molecular complexity index is 1040. The third-order valence-corrected chi connectivity index (χ3v) is 5.78. The van der Waals surface area contributed by atoms with Crippen LogP contribution in [0.3, 0.4) is 0 Å². The minimum Gasteiger partial charge on any atom is -0.497 e. The highest BCUT2D eigenvalue weighted by Gasteiger charge is 2.35. The number of thiocarbonyl (C=S) groups is 1. The molecule has 2 N–H and O–H groups in total. The van der Waals surface area contributed by atoms with Gasteiger partial charge in [0.05, 0.1) is 28.8 Å². The molecule has 0 aromatic heterocycles. The fourth-order valence-electron chi connectivity index (χ4n) is 2.78. The summed E-state index contributed by atoms with van der Waals surface area (Å²) in [6, 6.07) is 10.7. The van der Waals surface area contributed by atoms with Crippen LogP contribution in [0.25, 0.3) is 5.57 Å². The van der Waals surface area contributed by atoms with Crippen LogP contribution in [0.15, 0.2) is 47.4 Å². The van der Waals surface area contributed by atoms with E-state index in [4.69, 9.17) is 17.0 Å². The zero-order valence-corrected chi connectivity index (χ0v) is 17.0. The number of carboxylic acid groups (broad SMARTS) is 2. The average molecular weight is 429 g/mol. The van der Waals surface area contributed by atoms with Crippen LogP contribution < -0.4 is 9.64 Å². The van der Waals surface area contributed by atoms with Crippen molar-refractivity contribution in [3.63, 3.8) is 0 Å². The summed E-state index contributed by atoms with van der Waals surface area (Å²) in [5.41, 5.74) is 1.11. The third kappa shape index (κ3) is 4.01. The molecule has 3 rings (SSSR count). The first kappa shape index (κ1) is 20.6. The molecule has 1 fully saturated rings. The van der Waals surface area contributed by atoms with Gasteiger partial charge in [0.25, 0.3) is 5.91 Å². The number of anilines is 1. The van der Waals surface area contributed by atoms with E-state index < -0.39 is 17.8 Å². The molecule has 0 atom stereocenters. The number of hydrogen-bond donors (Lipinski definition) is 2. The molecule has 7 nitrogen and oxygen atoms in total. The number of rotatable bonds is 5. The summed E-state index contributed by atoms with van der Waals surface area (Å²) >= 11 is 6.40. The Hall–Kier alpha value is -3.17. The molecule has 2 aromatic rings. The number of nitrogens with zero attached hydrogens (tertiary/aromatic N) is 1. The maximum absolute atomic E-state index is 13.1. The predicted molar refractivity (Wildman–Crippen MR) is 114 cm³/mol. The molecule has 0 bridgehead atoms. The molecule has 1 amide bonds. The molecule has 29 heavy (non-hydrogen) atoms. The van der Waals surface area contributed by atoms with Gasteiger partial charge in [0.2, 0.25) is 0 Å². The van der Waals surface area contributed by atoms with Crippen LogP contribution in [0.2, 0.25) is 0 Å². The summed E-state index contributed by atoms with van der Waals surface area (Å²) in [5.74, 6) is -2.36. The number of carbonyl (C=O) groups excluding carboxylic acids is 1. The Morgan fingerprint density at radius 3 is 2.03 bits per heavy atom. The quantitative estimate of drug-likeness (QED) is 0.545. The van der Waals surface area contributed by atoms with E-state index >= 15 is 0 Å². The summed E-state index contributed by atoms with van der Waals surface area (Å²) in [7, 11) is 1.56. The van der Waals surface area contributed by atoms with Gasteiger partial charge in [-0.05, 0) is 48.4 Å². The van der Waals surface area contributed by atoms with Gasteiger partial charge < -0.3 is 14.9 Å². The predicted octanol–water partition coefficient (Wildman–Crippen LogP) is 3.89. The van der Waals surface area contributed by atoms with Gasteiger partial charge >= 0.3 is 11.9 Å². The number of aromatic carboxylic acids is 2. The number of benzene rings is 2. The number of hydrogen-bond acceptors (Lipinski definition) is 6. The second kappa shape index (κ2) is 8.06. The van der Waals surface area contributed by atoms with Crippen LogP contribution in [0.4, 0.5) is 5.69 Å². The molecule has 1 heterocycles. The molecule has 1 saturated heterocycles. The molecule has 9 heteroatoms. The largest absolute Gasteiger partial charge is 0.497 e. The highest BCUT2D eigenvalue weighted by Crippen LogP contribution is 2.39. The summed E-state index contributed by atoms with van der Waals surface area (Å²) in [6.07, 6.45) is 0. The summed E-state index contributed by atoms with van der Waals surface area (Å²) in [4.78, 5) is 37.3. The first-order valence-corrected chi connectivity index (χ1v) is 9.48. The fraction of sp³-hybridized carbons (Fsp3) is 0.100. The number of carboxylic acids is 2. The highest BCUT2D eigenvalue weighted by molar-refractivity contribution is 8.27. The zero-order valence-electron chi connectivity index (χ0n) is 15.3. The van der Waals surface area contributed by atoms with Crippen LogP contribution in [0.5, 0.6) is 5.75 Å². The van der Waals surface area contributed by atoms with Gasteiger partial charge in [-0.15, -0.1) is 0 Å². The van der Waals surface area contributed by atoms with Gasteiger partial charge in [-0.1, -0.05) is 36.1 Å². The normalized spacial score (nSPS) is 15.4. The van der Waals surface area contributed by atoms with Gasteiger partial charge in [-0.25, -0.2) is 9.59 Å². The van der Waals surface area contributed by atoms with Gasteiger partial charge in [-0.3, -0.25) is 9.69 Å². The topological polar surface area (TPSA) is 104 Å². The van der Waals surface area contributed by atoms with Gasteiger partial charge in [0, 0.05) is 0 Å². The van der Waals surface area contributed by atoms with E-state index in [0.717, 1.165) is 28.3 Å². The molecule has 1 aliphatic heterocycles. The lowest BCUT2D eigenvalue weighted by atomic mass is 10.1. The summed E-state index contributed by atoms with van der Waals surface area (Å²) in [6.45, 7) is 1.78. The van der Waals surface area contributed by atoms with Gasteiger partial charge in [0.1, 0.15) is 5.75 Å². The second-order valence-corrected chi connectivity index (χ2v) is 7.71. The van der Waals surface area contributed by atoms with E-state index in [1.165, 1.54) is 12.1 Å². The fourth-order valence-corrected chi connectivity index (χ4v) is 4.12. The smallest absolute Gasteiger partial charge is 0.335 e. The van der Waals surface area contributed by atoms with Crippen molar-refractivity contribution >= 4 is 57.4 Å². The Labute approximate surface area is 175 Å². The Morgan fingerprint density at radius 1 is 1.00 bits per heavy atom.